The maximum atomic E-state index is 13.6. The summed E-state index contributed by atoms with van der Waals surface area (Å²) in [5, 5.41) is 0.564. The van der Waals surface area contributed by atoms with Crippen LogP contribution in [0.4, 0.5) is 5.13 Å². The number of thiazole rings is 1. The Morgan fingerprint density at radius 2 is 1.82 bits per heavy atom. The van der Waals surface area contributed by atoms with Crippen LogP contribution in [0.15, 0.2) is 41.3 Å². The predicted molar refractivity (Wildman–Crippen MR) is 137 cm³/mol. The van der Waals surface area contributed by atoms with Crippen LogP contribution in [0.3, 0.4) is 0 Å². The Kier molecular flexibility index (Phi) is 9.25. The molecule has 3 rings (SSSR count). The van der Waals surface area contributed by atoms with Crippen molar-refractivity contribution in [3.63, 3.8) is 0 Å². The minimum absolute atomic E-state index is 0. The Balaban J connectivity index is 0.00000385. The van der Waals surface area contributed by atoms with Gasteiger partial charge < -0.3 is 9.64 Å². The van der Waals surface area contributed by atoms with Crippen LogP contribution in [0, 0.1) is 6.92 Å². The molecule has 33 heavy (non-hydrogen) atoms. The van der Waals surface area contributed by atoms with Gasteiger partial charge in [0.2, 0.25) is 0 Å². The van der Waals surface area contributed by atoms with Crippen molar-refractivity contribution in [2.45, 2.75) is 25.7 Å². The number of aryl methyl sites for hydroxylation is 1. The smallest absolute Gasteiger partial charge is 0.260 e. The molecular formula is C23H30ClN3O4S2. The van der Waals surface area contributed by atoms with E-state index >= 15 is 0 Å². The van der Waals surface area contributed by atoms with Crippen LogP contribution in [0.2, 0.25) is 0 Å². The van der Waals surface area contributed by atoms with E-state index in [1.54, 1.807) is 24.1 Å². The number of fused-ring (bicyclic) bond motifs is 1. The summed E-state index contributed by atoms with van der Waals surface area (Å²) in [6.07, 6.45) is 1.14. The molecule has 10 heteroatoms. The van der Waals surface area contributed by atoms with Crippen LogP contribution in [0.5, 0.6) is 5.75 Å². The van der Waals surface area contributed by atoms with Crippen LogP contribution in [-0.2, 0) is 9.84 Å². The molecule has 1 amide bonds. The van der Waals surface area contributed by atoms with Crippen molar-refractivity contribution in [1.82, 2.24) is 9.88 Å². The number of likely N-dealkylation sites (N-methyl/N-ethyl adjacent to an activating group) is 1. The first kappa shape index (κ1) is 27.0. The van der Waals surface area contributed by atoms with Gasteiger partial charge in [0.05, 0.1) is 16.7 Å². The average molecular weight is 512 g/mol. The maximum absolute atomic E-state index is 13.6. The van der Waals surface area contributed by atoms with E-state index in [4.69, 9.17) is 9.72 Å². The molecule has 0 bridgehead atoms. The van der Waals surface area contributed by atoms with Crippen LogP contribution < -0.4 is 9.64 Å². The van der Waals surface area contributed by atoms with Crippen molar-refractivity contribution in [2.75, 3.05) is 44.4 Å². The summed E-state index contributed by atoms with van der Waals surface area (Å²) >= 11 is 1.44. The first-order chi connectivity index (χ1) is 15.2. The third-order valence-corrected chi connectivity index (χ3v) is 7.76. The van der Waals surface area contributed by atoms with Gasteiger partial charge >= 0.3 is 0 Å². The molecule has 0 aliphatic carbocycles. The third-order valence-electron chi connectivity index (χ3n) is 5.43. The molecular weight excluding hydrogens is 482 g/mol. The summed E-state index contributed by atoms with van der Waals surface area (Å²) in [5.41, 5.74) is 2.09. The topological polar surface area (TPSA) is 79.8 Å². The Hall–Kier alpha value is -2.20. The van der Waals surface area contributed by atoms with Gasteiger partial charge in [-0.1, -0.05) is 37.3 Å². The molecule has 0 radical (unpaired) electrons. The lowest BCUT2D eigenvalue weighted by Gasteiger charge is -2.25. The second-order valence-electron chi connectivity index (χ2n) is 7.54. The number of anilines is 1. The molecule has 2 aromatic carbocycles. The molecule has 1 heterocycles. The normalized spacial score (nSPS) is 11.5. The van der Waals surface area contributed by atoms with Crippen LogP contribution in [0.1, 0.15) is 29.8 Å². The molecule has 0 saturated heterocycles. The Labute approximate surface area is 205 Å². The van der Waals surface area contributed by atoms with Gasteiger partial charge in [-0.3, -0.25) is 9.69 Å². The molecule has 3 aromatic rings. The second kappa shape index (κ2) is 11.3. The molecule has 7 nitrogen and oxygen atoms in total. The van der Waals surface area contributed by atoms with Crippen molar-refractivity contribution in [2.24, 2.45) is 0 Å². The van der Waals surface area contributed by atoms with Gasteiger partial charge in [-0.15, -0.1) is 12.4 Å². The van der Waals surface area contributed by atoms with Crippen molar-refractivity contribution in [1.29, 1.82) is 0 Å². The number of hydrogen-bond donors (Lipinski definition) is 0. The number of amides is 1. The number of halogens is 1. The van der Waals surface area contributed by atoms with Crippen molar-refractivity contribution in [3.8, 4) is 5.75 Å². The van der Waals surface area contributed by atoms with E-state index in [1.807, 2.05) is 19.1 Å². The summed E-state index contributed by atoms with van der Waals surface area (Å²) in [4.78, 5) is 22.3. The van der Waals surface area contributed by atoms with E-state index in [0.29, 0.717) is 29.5 Å². The van der Waals surface area contributed by atoms with Gasteiger partial charge in [0, 0.05) is 24.9 Å². The molecule has 0 aliphatic rings. The van der Waals surface area contributed by atoms with Gasteiger partial charge in [-0.05, 0) is 49.8 Å². The fraction of sp³-hybridized carbons (Fsp3) is 0.391. The van der Waals surface area contributed by atoms with Gasteiger partial charge in [0.1, 0.15) is 11.3 Å². The summed E-state index contributed by atoms with van der Waals surface area (Å²) in [6, 6.07) is 10.0. The number of hydrogen-bond acceptors (Lipinski definition) is 7. The average Bonchev–Trinajstić information content (AvgIpc) is 3.22. The number of rotatable bonds is 9. The Morgan fingerprint density at radius 3 is 2.42 bits per heavy atom. The Bertz CT molecular complexity index is 1220. The van der Waals surface area contributed by atoms with E-state index in [2.05, 4.69) is 18.7 Å². The zero-order valence-electron chi connectivity index (χ0n) is 19.5. The molecule has 0 unspecified atom stereocenters. The fourth-order valence-electron chi connectivity index (χ4n) is 3.46. The number of nitrogens with zero attached hydrogens (tertiary/aromatic N) is 3. The summed E-state index contributed by atoms with van der Waals surface area (Å²) < 4.78 is 30.5. The van der Waals surface area contributed by atoms with E-state index < -0.39 is 9.84 Å². The van der Waals surface area contributed by atoms with Crippen molar-refractivity contribution < 1.29 is 17.9 Å². The Morgan fingerprint density at radius 1 is 1.12 bits per heavy atom. The van der Waals surface area contributed by atoms with Gasteiger partial charge in [-0.25, -0.2) is 13.4 Å². The molecule has 0 spiro atoms. The molecule has 0 aliphatic heterocycles. The number of aromatic nitrogens is 1. The predicted octanol–water partition coefficient (Wildman–Crippen LogP) is 4.43. The highest BCUT2D eigenvalue weighted by molar-refractivity contribution is 7.90. The molecule has 180 valence electrons. The number of benzene rings is 2. The molecule has 1 aromatic heterocycles. The van der Waals surface area contributed by atoms with E-state index in [9.17, 15) is 13.2 Å². The maximum Gasteiger partial charge on any atom is 0.260 e. The van der Waals surface area contributed by atoms with Crippen molar-refractivity contribution >= 4 is 54.8 Å². The summed E-state index contributed by atoms with van der Waals surface area (Å²) in [7, 11) is -1.83. The van der Waals surface area contributed by atoms with Crippen molar-refractivity contribution in [3.05, 3.63) is 47.5 Å². The second-order valence-corrected chi connectivity index (χ2v) is 10.5. The molecule has 0 fully saturated rings. The zero-order valence-corrected chi connectivity index (χ0v) is 21.9. The van der Waals surface area contributed by atoms with E-state index in [1.165, 1.54) is 23.5 Å². The highest BCUT2D eigenvalue weighted by Gasteiger charge is 2.24. The number of methoxy groups -OCH3 is 1. The van der Waals surface area contributed by atoms with Crippen LogP contribution >= 0.6 is 23.7 Å². The number of carbonyl (C=O) groups is 1. The number of carbonyl (C=O) groups excluding carboxylic acids is 1. The summed E-state index contributed by atoms with van der Waals surface area (Å²) in [6.45, 7) is 9.01. The number of sulfone groups is 1. The molecule has 0 saturated carbocycles. The third kappa shape index (κ3) is 6.03. The van der Waals surface area contributed by atoms with Gasteiger partial charge in [-0.2, -0.15) is 0 Å². The quantitative estimate of drug-likeness (QED) is 0.423. The minimum Gasteiger partial charge on any atom is -0.494 e. The lowest BCUT2D eigenvalue weighted by atomic mass is 10.2. The van der Waals surface area contributed by atoms with E-state index in [0.717, 1.165) is 35.1 Å². The van der Waals surface area contributed by atoms with Gasteiger partial charge in [0.15, 0.2) is 15.0 Å². The SMILES string of the molecule is CCN(CC)CCN(C(=O)c1cccc(S(C)(=O)=O)c1)c1nc2c(OC)ccc(C)c2s1.Cl. The first-order valence-electron chi connectivity index (χ1n) is 10.5. The van der Waals surface area contributed by atoms with Crippen LogP contribution in [0.25, 0.3) is 10.2 Å². The highest BCUT2D eigenvalue weighted by atomic mass is 35.5. The van der Waals surface area contributed by atoms with Gasteiger partial charge in [0.25, 0.3) is 5.91 Å². The molecule has 0 N–H and O–H groups in total. The summed E-state index contributed by atoms with van der Waals surface area (Å²) in [5.74, 6) is 0.377. The fourth-order valence-corrected chi connectivity index (χ4v) is 5.20. The standard InChI is InChI=1S/C23H29N3O4S2.ClH/c1-6-25(7-2)13-14-26(22(27)17-9-8-10-18(15-17)32(5,28)29)23-24-20-19(30-4)12-11-16(3)21(20)31-23;/h8-12,15H,6-7,13-14H2,1-5H3;1H. The van der Waals surface area contributed by atoms with E-state index in [-0.39, 0.29) is 23.2 Å². The minimum atomic E-state index is -3.43. The monoisotopic (exact) mass is 511 g/mol. The molecule has 0 atom stereocenters. The first-order valence-corrected chi connectivity index (χ1v) is 13.2. The van der Waals surface area contributed by atoms with Crippen LogP contribution in [-0.4, -0.2) is 63.8 Å². The zero-order chi connectivity index (χ0) is 23.5. The lowest BCUT2D eigenvalue weighted by Crippen LogP contribution is -2.38. The largest absolute Gasteiger partial charge is 0.494 e. The lowest BCUT2D eigenvalue weighted by molar-refractivity contribution is 0.0983. The number of ether oxygens (including phenoxy) is 1. The highest BCUT2D eigenvalue weighted by Crippen LogP contribution is 2.36.